The number of nitrogens with two attached hydrogens (primary N) is 1. The number of fused-ring (bicyclic) bond motifs is 2. The van der Waals surface area contributed by atoms with Gasteiger partial charge in [-0.2, -0.15) is 10.1 Å². The average Bonchev–Trinajstić information content (AvgIpc) is 3.01. The second-order valence-corrected chi connectivity index (χ2v) is 4.78. The molecule has 0 fully saturated rings. The van der Waals surface area contributed by atoms with Crippen LogP contribution in [0.3, 0.4) is 0 Å². The number of benzene rings is 1. The minimum atomic E-state index is 0.194. The third-order valence-electron chi connectivity index (χ3n) is 3.53. The lowest BCUT2D eigenvalue weighted by atomic mass is 10.0. The van der Waals surface area contributed by atoms with Crippen LogP contribution in [-0.2, 0) is 0 Å². The third-order valence-corrected chi connectivity index (χ3v) is 3.53. The molecule has 3 heterocycles. The maximum Gasteiger partial charge on any atom is 0.222 e. The number of aromatic amines is 1. The van der Waals surface area contributed by atoms with Gasteiger partial charge in [-0.15, -0.1) is 0 Å². The molecule has 1 aromatic carbocycles. The normalized spacial score (nSPS) is 11.1. The number of pyridine rings is 1. The van der Waals surface area contributed by atoms with Crippen molar-refractivity contribution in [1.82, 2.24) is 25.1 Å². The Labute approximate surface area is 125 Å². The molecule has 0 aliphatic rings. The van der Waals surface area contributed by atoms with Gasteiger partial charge in [-0.1, -0.05) is 6.07 Å². The molecule has 108 valence electrons. The Kier molecular flexibility index (Phi) is 2.65. The largest absolute Gasteiger partial charge is 0.494 e. The summed E-state index contributed by atoms with van der Waals surface area (Å²) in [7, 11) is 1.63. The van der Waals surface area contributed by atoms with Crippen molar-refractivity contribution in [1.29, 1.82) is 0 Å². The fourth-order valence-electron chi connectivity index (χ4n) is 2.58. The summed E-state index contributed by atoms with van der Waals surface area (Å²) in [4.78, 5) is 12.9. The van der Waals surface area contributed by atoms with Crippen LogP contribution in [0.2, 0.25) is 0 Å². The first-order chi connectivity index (χ1) is 10.8. The van der Waals surface area contributed by atoms with Crippen molar-refractivity contribution < 1.29 is 4.74 Å². The van der Waals surface area contributed by atoms with Crippen LogP contribution < -0.4 is 10.5 Å². The zero-order chi connectivity index (χ0) is 15.1. The van der Waals surface area contributed by atoms with E-state index < -0.39 is 0 Å². The fourth-order valence-corrected chi connectivity index (χ4v) is 2.58. The molecule has 0 bridgehead atoms. The van der Waals surface area contributed by atoms with Gasteiger partial charge in [0.15, 0.2) is 5.65 Å². The first kappa shape index (κ1) is 12.5. The van der Waals surface area contributed by atoms with E-state index in [0.717, 1.165) is 27.5 Å². The number of aromatic nitrogens is 5. The molecule has 3 N–H and O–H groups in total. The van der Waals surface area contributed by atoms with Gasteiger partial charge in [0.25, 0.3) is 0 Å². The quantitative estimate of drug-likeness (QED) is 0.587. The summed E-state index contributed by atoms with van der Waals surface area (Å²) in [5, 5.41) is 8.58. The summed E-state index contributed by atoms with van der Waals surface area (Å²) < 4.78 is 5.38. The molecular formula is C15H12N6O. The highest BCUT2D eigenvalue weighted by Gasteiger charge is 2.15. The number of nitrogens with zero attached hydrogens (tertiary/aromatic N) is 4. The Morgan fingerprint density at radius 3 is 2.91 bits per heavy atom. The van der Waals surface area contributed by atoms with E-state index in [1.807, 2.05) is 24.3 Å². The van der Waals surface area contributed by atoms with E-state index in [-0.39, 0.29) is 5.95 Å². The minimum Gasteiger partial charge on any atom is -0.494 e. The number of methoxy groups -OCH3 is 1. The predicted octanol–water partition coefficient (Wildman–Crippen LogP) is 2.16. The summed E-state index contributed by atoms with van der Waals surface area (Å²) in [6, 6.07) is 7.67. The molecule has 0 amide bonds. The Morgan fingerprint density at radius 1 is 1.14 bits per heavy atom. The Morgan fingerprint density at radius 2 is 2.05 bits per heavy atom. The first-order valence-corrected chi connectivity index (χ1v) is 6.66. The number of H-pyrrole nitrogens is 1. The van der Waals surface area contributed by atoms with Crippen molar-refractivity contribution in [2.75, 3.05) is 12.8 Å². The van der Waals surface area contributed by atoms with Gasteiger partial charge in [0.05, 0.1) is 24.4 Å². The Hall–Kier alpha value is -3.22. The number of hydrogen-bond donors (Lipinski definition) is 2. The predicted molar refractivity (Wildman–Crippen MR) is 83.4 cm³/mol. The van der Waals surface area contributed by atoms with Gasteiger partial charge in [0.2, 0.25) is 5.95 Å². The first-order valence-electron chi connectivity index (χ1n) is 6.66. The van der Waals surface area contributed by atoms with Crippen LogP contribution in [0.5, 0.6) is 5.75 Å². The van der Waals surface area contributed by atoms with E-state index in [9.17, 15) is 0 Å². The van der Waals surface area contributed by atoms with Crippen LogP contribution in [0.1, 0.15) is 0 Å². The van der Waals surface area contributed by atoms with Gasteiger partial charge in [0.1, 0.15) is 11.3 Å². The van der Waals surface area contributed by atoms with Gasteiger partial charge in [-0.05, 0) is 18.2 Å². The number of rotatable bonds is 2. The molecule has 22 heavy (non-hydrogen) atoms. The second-order valence-electron chi connectivity index (χ2n) is 4.78. The molecule has 0 aliphatic carbocycles. The smallest absolute Gasteiger partial charge is 0.222 e. The van der Waals surface area contributed by atoms with E-state index in [1.54, 1.807) is 19.5 Å². The molecule has 4 aromatic rings. The van der Waals surface area contributed by atoms with E-state index in [2.05, 4.69) is 25.1 Å². The highest BCUT2D eigenvalue weighted by molar-refractivity contribution is 6.03. The standard InChI is InChI=1S/C15H12N6O/c1-22-11-5-4-9(8-3-2-6-17-13(8)11)12-10-7-18-21-14(10)20-15(16)19-12/h2-7H,1H3,(H3,16,18,19,20,21). The number of hydrogen-bond acceptors (Lipinski definition) is 6. The van der Waals surface area contributed by atoms with Gasteiger partial charge in [0, 0.05) is 17.1 Å². The Balaban J connectivity index is 2.11. The number of ether oxygens (including phenoxy) is 1. The van der Waals surface area contributed by atoms with Crippen LogP contribution in [0.4, 0.5) is 5.95 Å². The molecule has 0 saturated heterocycles. The molecule has 3 aromatic heterocycles. The summed E-state index contributed by atoms with van der Waals surface area (Å²) in [5.41, 5.74) is 8.82. The Bertz CT molecular complexity index is 994. The molecule has 0 radical (unpaired) electrons. The summed E-state index contributed by atoms with van der Waals surface area (Å²) in [6.07, 6.45) is 3.42. The average molecular weight is 292 g/mol. The maximum absolute atomic E-state index is 5.81. The summed E-state index contributed by atoms with van der Waals surface area (Å²) in [6.45, 7) is 0. The van der Waals surface area contributed by atoms with Crippen molar-refractivity contribution in [3.8, 4) is 17.0 Å². The fraction of sp³-hybridized carbons (Fsp3) is 0.0667. The molecule has 7 heteroatoms. The third kappa shape index (κ3) is 1.76. The highest BCUT2D eigenvalue weighted by Crippen LogP contribution is 2.34. The van der Waals surface area contributed by atoms with Crippen LogP contribution in [0.25, 0.3) is 33.2 Å². The zero-order valence-corrected chi connectivity index (χ0v) is 11.7. The number of anilines is 1. The lowest BCUT2D eigenvalue weighted by molar-refractivity contribution is 0.419. The molecule has 0 saturated carbocycles. The van der Waals surface area contributed by atoms with Crippen molar-refractivity contribution >= 4 is 27.9 Å². The lowest BCUT2D eigenvalue weighted by Crippen LogP contribution is -1.98. The van der Waals surface area contributed by atoms with Crippen molar-refractivity contribution in [3.63, 3.8) is 0 Å². The van der Waals surface area contributed by atoms with Crippen molar-refractivity contribution in [2.24, 2.45) is 0 Å². The lowest BCUT2D eigenvalue weighted by Gasteiger charge is -2.10. The maximum atomic E-state index is 5.81. The topological polar surface area (TPSA) is 103 Å². The minimum absolute atomic E-state index is 0.194. The molecule has 0 spiro atoms. The number of nitrogen functional groups attached to an aromatic ring is 1. The second kappa shape index (κ2) is 4.66. The monoisotopic (exact) mass is 292 g/mol. The summed E-state index contributed by atoms with van der Waals surface area (Å²) >= 11 is 0. The van der Waals surface area contributed by atoms with Crippen LogP contribution in [-0.4, -0.2) is 32.3 Å². The van der Waals surface area contributed by atoms with Crippen LogP contribution in [0, 0.1) is 0 Å². The van der Waals surface area contributed by atoms with Gasteiger partial charge in [-0.3, -0.25) is 10.1 Å². The SMILES string of the molecule is COc1ccc(-c2nc(N)nc3[nH]ncc23)c2cccnc12. The van der Waals surface area contributed by atoms with E-state index in [4.69, 9.17) is 10.5 Å². The van der Waals surface area contributed by atoms with Gasteiger partial charge in [-0.25, -0.2) is 4.98 Å². The van der Waals surface area contributed by atoms with E-state index >= 15 is 0 Å². The van der Waals surface area contributed by atoms with E-state index in [0.29, 0.717) is 11.4 Å². The molecule has 0 unspecified atom stereocenters. The van der Waals surface area contributed by atoms with Gasteiger partial charge >= 0.3 is 0 Å². The van der Waals surface area contributed by atoms with Crippen LogP contribution >= 0.6 is 0 Å². The van der Waals surface area contributed by atoms with Crippen molar-refractivity contribution in [3.05, 3.63) is 36.7 Å². The molecule has 7 nitrogen and oxygen atoms in total. The van der Waals surface area contributed by atoms with Crippen LogP contribution in [0.15, 0.2) is 36.7 Å². The van der Waals surface area contributed by atoms with E-state index in [1.165, 1.54) is 0 Å². The number of nitrogens with one attached hydrogen (secondary N) is 1. The van der Waals surface area contributed by atoms with Gasteiger partial charge < -0.3 is 10.5 Å². The highest BCUT2D eigenvalue weighted by atomic mass is 16.5. The molecule has 0 aliphatic heterocycles. The molecule has 4 rings (SSSR count). The molecular weight excluding hydrogens is 280 g/mol. The van der Waals surface area contributed by atoms with Crippen molar-refractivity contribution in [2.45, 2.75) is 0 Å². The zero-order valence-electron chi connectivity index (χ0n) is 11.7. The summed E-state index contributed by atoms with van der Waals surface area (Å²) in [5.74, 6) is 0.907. The molecule has 0 atom stereocenters.